The summed E-state index contributed by atoms with van der Waals surface area (Å²) >= 11 is 1.64. The van der Waals surface area contributed by atoms with Crippen LogP contribution in [0.3, 0.4) is 0 Å². The summed E-state index contributed by atoms with van der Waals surface area (Å²) < 4.78 is 48.8. The third-order valence-corrected chi connectivity index (χ3v) is 7.70. The van der Waals surface area contributed by atoms with Gasteiger partial charge in [0.2, 0.25) is 0 Å². The SMILES string of the molecule is CSc1ccc(OCC#Cc2cc3c(NC4CC[N+](C)(C)CC4)cccc3n2CC(F)(F)F)c(N(C)C)c1. The second kappa shape index (κ2) is 11.4. The topological polar surface area (TPSA) is 29.4 Å². The van der Waals surface area contributed by atoms with E-state index in [-0.39, 0.29) is 6.61 Å². The summed E-state index contributed by atoms with van der Waals surface area (Å²) in [6.45, 7) is 1.10. The van der Waals surface area contributed by atoms with Crippen LogP contribution in [0.15, 0.2) is 47.4 Å². The van der Waals surface area contributed by atoms with Crippen LogP contribution in [0.1, 0.15) is 18.5 Å². The Balaban J connectivity index is 1.59. The number of halogens is 3. The molecule has 204 valence electrons. The normalized spacial score (nSPS) is 15.7. The highest BCUT2D eigenvalue weighted by atomic mass is 32.2. The van der Waals surface area contributed by atoms with Crippen molar-refractivity contribution in [1.29, 1.82) is 0 Å². The van der Waals surface area contributed by atoms with E-state index in [9.17, 15) is 13.2 Å². The van der Waals surface area contributed by atoms with E-state index in [1.54, 1.807) is 23.9 Å². The van der Waals surface area contributed by atoms with E-state index >= 15 is 0 Å². The Morgan fingerprint density at radius 2 is 1.87 bits per heavy atom. The first-order valence-electron chi connectivity index (χ1n) is 12.7. The molecule has 0 amide bonds. The monoisotopic (exact) mass is 545 g/mol. The molecule has 1 N–H and O–H groups in total. The van der Waals surface area contributed by atoms with Crippen LogP contribution in [-0.2, 0) is 6.54 Å². The highest BCUT2D eigenvalue weighted by molar-refractivity contribution is 7.98. The molecule has 1 aliphatic heterocycles. The molecule has 5 nitrogen and oxygen atoms in total. The molecular formula is C29H36F3N4OS+. The fourth-order valence-electron chi connectivity index (χ4n) is 4.83. The Labute approximate surface area is 227 Å². The van der Waals surface area contributed by atoms with Gasteiger partial charge < -0.3 is 24.0 Å². The molecule has 0 spiro atoms. The Morgan fingerprint density at radius 3 is 2.53 bits per heavy atom. The van der Waals surface area contributed by atoms with Gasteiger partial charge in [0.25, 0.3) is 0 Å². The van der Waals surface area contributed by atoms with E-state index in [1.165, 1.54) is 4.57 Å². The van der Waals surface area contributed by atoms with Crippen molar-refractivity contribution in [3.8, 4) is 17.6 Å². The number of aromatic nitrogens is 1. The average molecular weight is 546 g/mol. The largest absolute Gasteiger partial charge is 0.479 e. The molecule has 0 saturated carbocycles. The maximum Gasteiger partial charge on any atom is 0.406 e. The van der Waals surface area contributed by atoms with Gasteiger partial charge in [0.05, 0.1) is 44.1 Å². The summed E-state index contributed by atoms with van der Waals surface area (Å²) in [6, 6.07) is 13.4. The first-order valence-corrected chi connectivity index (χ1v) is 13.9. The van der Waals surface area contributed by atoms with E-state index in [2.05, 4.69) is 31.3 Å². The lowest BCUT2D eigenvalue weighted by atomic mass is 10.0. The molecule has 9 heteroatoms. The van der Waals surface area contributed by atoms with Gasteiger partial charge >= 0.3 is 6.18 Å². The van der Waals surface area contributed by atoms with Crippen molar-refractivity contribution in [2.75, 3.05) is 64.4 Å². The number of nitrogens with one attached hydrogen (secondary N) is 1. The third-order valence-electron chi connectivity index (χ3n) is 6.97. The van der Waals surface area contributed by atoms with Crippen molar-refractivity contribution in [1.82, 2.24) is 4.57 Å². The lowest BCUT2D eigenvalue weighted by Gasteiger charge is -2.37. The van der Waals surface area contributed by atoms with Crippen molar-refractivity contribution in [2.24, 2.45) is 0 Å². The quantitative estimate of drug-likeness (QED) is 0.222. The van der Waals surface area contributed by atoms with Gasteiger partial charge in [0.15, 0.2) is 0 Å². The maximum absolute atomic E-state index is 13.5. The number of fused-ring (bicyclic) bond motifs is 1. The summed E-state index contributed by atoms with van der Waals surface area (Å²) in [5, 5.41) is 4.35. The van der Waals surface area contributed by atoms with Gasteiger partial charge in [0.1, 0.15) is 18.9 Å². The average Bonchev–Trinajstić information content (AvgIpc) is 3.19. The Morgan fingerprint density at radius 1 is 1.13 bits per heavy atom. The molecule has 38 heavy (non-hydrogen) atoms. The standard InChI is InChI=1S/C29H36F3N4OS/c1-34(2)27-19-23(38-5)11-12-28(27)37-17-7-8-22-18-24-25(33-21-13-15-36(3,4)16-14-21)9-6-10-26(24)35(22)20-29(30,31)32/h6,9-12,18-19,21,33H,13-17,20H2,1-5H3/q+1. The van der Waals surface area contributed by atoms with Gasteiger partial charge in [-0.25, -0.2) is 0 Å². The van der Waals surface area contributed by atoms with Crippen LogP contribution in [0.5, 0.6) is 5.75 Å². The van der Waals surface area contributed by atoms with E-state index in [4.69, 9.17) is 4.74 Å². The first kappa shape index (κ1) is 28.1. The summed E-state index contributed by atoms with van der Waals surface area (Å²) in [5.41, 5.74) is 2.61. The molecule has 3 aromatic rings. The summed E-state index contributed by atoms with van der Waals surface area (Å²) in [6.07, 6.45) is -0.321. The third kappa shape index (κ3) is 6.91. The Bertz CT molecular complexity index is 1330. The zero-order chi connectivity index (χ0) is 27.5. The molecule has 0 radical (unpaired) electrons. The summed E-state index contributed by atoms with van der Waals surface area (Å²) in [5.74, 6) is 6.56. The molecule has 2 aromatic carbocycles. The lowest BCUT2D eigenvalue weighted by Crippen LogP contribution is -2.49. The van der Waals surface area contributed by atoms with Crippen molar-refractivity contribution in [3.05, 3.63) is 48.2 Å². The number of quaternary nitrogens is 1. The van der Waals surface area contributed by atoms with Gasteiger partial charge in [0, 0.05) is 48.9 Å². The fraction of sp³-hybridized carbons (Fsp3) is 0.448. The number of piperidine rings is 1. The molecule has 0 bridgehead atoms. The molecule has 0 unspecified atom stereocenters. The number of likely N-dealkylation sites (tertiary alicyclic amines) is 1. The smallest absolute Gasteiger partial charge is 0.406 e. The predicted octanol–water partition coefficient (Wildman–Crippen LogP) is 6.07. The van der Waals surface area contributed by atoms with Crippen LogP contribution in [0.25, 0.3) is 10.9 Å². The van der Waals surface area contributed by atoms with Crippen molar-refractivity contribution in [2.45, 2.75) is 36.5 Å². The number of hydrogen-bond acceptors (Lipinski definition) is 4. The number of alkyl halides is 3. The number of anilines is 2. The Hall–Kier alpha value is -2.96. The second-order valence-electron chi connectivity index (χ2n) is 10.6. The van der Waals surface area contributed by atoms with E-state index < -0.39 is 12.7 Å². The maximum atomic E-state index is 13.5. The van der Waals surface area contributed by atoms with Crippen LogP contribution in [0.2, 0.25) is 0 Å². The molecule has 2 heterocycles. The number of nitrogens with zero attached hydrogens (tertiary/aromatic N) is 3. The molecular weight excluding hydrogens is 509 g/mol. The second-order valence-corrected chi connectivity index (χ2v) is 11.5. The minimum Gasteiger partial charge on any atom is -0.479 e. The number of benzene rings is 2. The van der Waals surface area contributed by atoms with Crippen LogP contribution in [-0.4, -0.2) is 75.4 Å². The number of hydrogen-bond donors (Lipinski definition) is 1. The molecule has 0 aliphatic carbocycles. The zero-order valence-electron chi connectivity index (χ0n) is 22.7. The van der Waals surface area contributed by atoms with Gasteiger partial charge in [-0.05, 0) is 48.6 Å². The number of rotatable bonds is 7. The molecule has 0 atom stereocenters. The highest BCUT2D eigenvalue weighted by Gasteiger charge is 2.30. The molecule has 4 rings (SSSR count). The van der Waals surface area contributed by atoms with Gasteiger partial charge in [-0.3, -0.25) is 0 Å². The van der Waals surface area contributed by atoms with Crippen molar-refractivity contribution < 1.29 is 22.4 Å². The first-order chi connectivity index (χ1) is 18.0. The van der Waals surface area contributed by atoms with Gasteiger partial charge in [-0.1, -0.05) is 12.0 Å². The molecule has 1 fully saturated rings. The molecule has 1 aliphatic rings. The van der Waals surface area contributed by atoms with Gasteiger partial charge in [-0.15, -0.1) is 11.8 Å². The zero-order valence-corrected chi connectivity index (χ0v) is 23.5. The molecule has 1 saturated heterocycles. The van der Waals surface area contributed by atoms with Crippen LogP contribution in [0, 0.1) is 11.8 Å². The lowest BCUT2D eigenvalue weighted by molar-refractivity contribution is -0.895. The van der Waals surface area contributed by atoms with E-state index in [1.807, 2.05) is 55.6 Å². The number of ether oxygens (including phenoxy) is 1. The molecule has 1 aromatic heterocycles. The van der Waals surface area contributed by atoms with E-state index in [0.717, 1.165) is 52.1 Å². The summed E-state index contributed by atoms with van der Waals surface area (Å²) in [7, 11) is 8.33. The predicted molar refractivity (Wildman–Crippen MR) is 151 cm³/mol. The van der Waals surface area contributed by atoms with Crippen molar-refractivity contribution in [3.63, 3.8) is 0 Å². The Kier molecular flexibility index (Phi) is 8.43. The van der Waals surface area contributed by atoms with Crippen LogP contribution < -0.4 is 15.0 Å². The fourth-order valence-corrected chi connectivity index (χ4v) is 5.26. The van der Waals surface area contributed by atoms with Crippen molar-refractivity contribution >= 4 is 34.0 Å². The van der Waals surface area contributed by atoms with Crippen LogP contribution >= 0.6 is 11.8 Å². The van der Waals surface area contributed by atoms with Crippen LogP contribution in [0.4, 0.5) is 24.5 Å². The van der Waals surface area contributed by atoms with E-state index in [0.29, 0.717) is 23.0 Å². The highest BCUT2D eigenvalue weighted by Crippen LogP contribution is 2.33. The number of thioether (sulfide) groups is 1. The minimum absolute atomic E-state index is 0.0637. The van der Waals surface area contributed by atoms with Gasteiger partial charge in [-0.2, -0.15) is 13.2 Å². The minimum atomic E-state index is -4.37. The summed E-state index contributed by atoms with van der Waals surface area (Å²) in [4.78, 5) is 3.08.